The highest BCUT2D eigenvalue weighted by molar-refractivity contribution is 5.48. The lowest BCUT2D eigenvalue weighted by atomic mass is 9.94. The molecule has 0 atom stereocenters. The smallest absolute Gasteiger partial charge is 0.138 e. The van der Waals surface area contributed by atoms with E-state index < -0.39 is 0 Å². The molecule has 1 fully saturated rings. The van der Waals surface area contributed by atoms with E-state index in [-0.39, 0.29) is 5.41 Å². The van der Waals surface area contributed by atoms with Crippen LogP contribution in [0, 0.1) is 0 Å². The lowest BCUT2D eigenvalue weighted by Gasteiger charge is -2.17. The lowest BCUT2D eigenvalue weighted by Crippen LogP contribution is -2.21. The van der Waals surface area contributed by atoms with Crippen LogP contribution in [0.2, 0.25) is 0 Å². The van der Waals surface area contributed by atoms with Crippen LogP contribution in [0.4, 0.5) is 0 Å². The second kappa shape index (κ2) is 3.42. The van der Waals surface area contributed by atoms with Crippen LogP contribution in [0.5, 0.6) is 0 Å². The van der Waals surface area contributed by atoms with Crippen molar-refractivity contribution >= 4 is 0 Å². The van der Waals surface area contributed by atoms with Crippen molar-refractivity contribution in [3.63, 3.8) is 0 Å². The maximum Gasteiger partial charge on any atom is 0.138 e. The quantitative estimate of drug-likeness (QED) is 0.836. The average molecular weight is 214 g/mol. The van der Waals surface area contributed by atoms with Crippen molar-refractivity contribution in [2.24, 2.45) is 5.73 Å². The molecule has 0 spiro atoms. The molecule has 4 nitrogen and oxygen atoms in total. The number of nitrogens with two attached hydrogens (primary N) is 1. The van der Waals surface area contributed by atoms with Gasteiger partial charge in [-0.05, 0) is 24.5 Å². The molecule has 1 aromatic heterocycles. The summed E-state index contributed by atoms with van der Waals surface area (Å²) in [5.41, 5.74) is 8.46. The summed E-state index contributed by atoms with van der Waals surface area (Å²) in [6, 6.07) is 8.30. The Morgan fingerprint density at radius 2 is 2.12 bits per heavy atom. The van der Waals surface area contributed by atoms with Crippen LogP contribution >= 0.6 is 0 Å². The van der Waals surface area contributed by atoms with Gasteiger partial charge in [-0.2, -0.15) is 5.10 Å². The summed E-state index contributed by atoms with van der Waals surface area (Å²) in [6.07, 6.45) is 5.63. The Kier molecular flexibility index (Phi) is 2.04. The SMILES string of the molecule is NCC1(c2ccccc2-n2cncn2)CC1. The molecule has 0 aliphatic heterocycles. The van der Waals surface area contributed by atoms with Gasteiger partial charge >= 0.3 is 0 Å². The van der Waals surface area contributed by atoms with E-state index in [1.165, 1.54) is 18.4 Å². The molecule has 0 unspecified atom stereocenters. The predicted molar refractivity (Wildman–Crippen MR) is 61.3 cm³/mol. The number of aromatic nitrogens is 3. The number of benzene rings is 1. The van der Waals surface area contributed by atoms with E-state index in [2.05, 4.69) is 28.3 Å². The van der Waals surface area contributed by atoms with Crippen molar-refractivity contribution in [1.82, 2.24) is 14.8 Å². The van der Waals surface area contributed by atoms with Crippen LogP contribution in [0.1, 0.15) is 18.4 Å². The third-order valence-corrected chi connectivity index (χ3v) is 3.39. The minimum atomic E-state index is 0.183. The molecule has 0 bridgehead atoms. The molecule has 16 heavy (non-hydrogen) atoms. The summed E-state index contributed by atoms with van der Waals surface area (Å²) in [5.74, 6) is 0. The topological polar surface area (TPSA) is 56.7 Å². The van der Waals surface area contributed by atoms with Gasteiger partial charge in [-0.3, -0.25) is 0 Å². The van der Waals surface area contributed by atoms with Gasteiger partial charge in [0, 0.05) is 12.0 Å². The van der Waals surface area contributed by atoms with Crippen LogP contribution in [0.3, 0.4) is 0 Å². The van der Waals surface area contributed by atoms with Crippen molar-refractivity contribution in [3.8, 4) is 5.69 Å². The van der Waals surface area contributed by atoms with Crippen LogP contribution < -0.4 is 5.73 Å². The fraction of sp³-hybridized carbons (Fsp3) is 0.333. The largest absolute Gasteiger partial charge is 0.330 e. The number of hydrogen-bond donors (Lipinski definition) is 1. The summed E-state index contributed by atoms with van der Waals surface area (Å²) >= 11 is 0. The van der Waals surface area contributed by atoms with Gasteiger partial charge in [-0.15, -0.1) is 0 Å². The van der Waals surface area contributed by atoms with E-state index in [0.717, 1.165) is 5.69 Å². The Hall–Kier alpha value is -1.68. The van der Waals surface area contributed by atoms with Gasteiger partial charge < -0.3 is 5.73 Å². The first-order chi connectivity index (χ1) is 7.86. The van der Waals surface area contributed by atoms with E-state index in [9.17, 15) is 0 Å². The molecule has 1 heterocycles. The van der Waals surface area contributed by atoms with E-state index >= 15 is 0 Å². The van der Waals surface area contributed by atoms with E-state index in [1.54, 1.807) is 12.7 Å². The summed E-state index contributed by atoms with van der Waals surface area (Å²) in [5, 5.41) is 4.19. The predicted octanol–water partition coefficient (Wildman–Crippen LogP) is 1.26. The van der Waals surface area contributed by atoms with Crippen LogP contribution in [-0.2, 0) is 5.41 Å². The second-order valence-electron chi connectivity index (χ2n) is 4.34. The van der Waals surface area contributed by atoms with E-state index in [0.29, 0.717) is 6.54 Å². The van der Waals surface area contributed by atoms with Crippen molar-refractivity contribution in [3.05, 3.63) is 42.5 Å². The first-order valence-corrected chi connectivity index (χ1v) is 5.50. The molecular formula is C12H14N4. The molecule has 2 aromatic rings. The van der Waals surface area contributed by atoms with Crippen molar-refractivity contribution in [2.75, 3.05) is 6.54 Å². The van der Waals surface area contributed by atoms with Gasteiger partial charge in [0.25, 0.3) is 0 Å². The Morgan fingerprint density at radius 1 is 1.31 bits per heavy atom. The van der Waals surface area contributed by atoms with Gasteiger partial charge in [0.2, 0.25) is 0 Å². The minimum absolute atomic E-state index is 0.183. The first kappa shape index (κ1) is 9.54. The van der Waals surface area contributed by atoms with Crippen molar-refractivity contribution in [1.29, 1.82) is 0 Å². The summed E-state index contributed by atoms with van der Waals surface area (Å²) < 4.78 is 1.81. The molecule has 3 rings (SSSR count). The molecule has 1 aliphatic rings. The zero-order chi connectivity index (χ0) is 11.0. The van der Waals surface area contributed by atoms with Crippen LogP contribution in [0.15, 0.2) is 36.9 Å². The fourth-order valence-electron chi connectivity index (χ4n) is 2.19. The zero-order valence-electron chi connectivity index (χ0n) is 9.00. The molecule has 1 aromatic carbocycles. The molecule has 4 heteroatoms. The Labute approximate surface area is 94.1 Å². The molecule has 0 radical (unpaired) electrons. The lowest BCUT2D eigenvalue weighted by molar-refractivity contribution is 0.690. The molecule has 0 amide bonds. The van der Waals surface area contributed by atoms with E-state index in [1.807, 2.05) is 10.7 Å². The maximum atomic E-state index is 5.88. The normalized spacial score (nSPS) is 17.3. The summed E-state index contributed by atoms with van der Waals surface area (Å²) in [7, 11) is 0. The van der Waals surface area contributed by atoms with Crippen molar-refractivity contribution in [2.45, 2.75) is 18.3 Å². The van der Waals surface area contributed by atoms with Crippen LogP contribution in [-0.4, -0.2) is 21.3 Å². The Balaban J connectivity index is 2.12. The molecule has 1 aliphatic carbocycles. The highest BCUT2D eigenvalue weighted by Crippen LogP contribution is 2.48. The summed E-state index contributed by atoms with van der Waals surface area (Å²) in [6.45, 7) is 0.707. The van der Waals surface area contributed by atoms with Crippen molar-refractivity contribution < 1.29 is 0 Å². The van der Waals surface area contributed by atoms with Gasteiger partial charge in [-0.25, -0.2) is 9.67 Å². The highest BCUT2D eigenvalue weighted by atomic mass is 15.3. The van der Waals surface area contributed by atoms with Gasteiger partial charge in [0.1, 0.15) is 12.7 Å². The minimum Gasteiger partial charge on any atom is -0.330 e. The third kappa shape index (κ3) is 1.34. The molecule has 82 valence electrons. The fourth-order valence-corrected chi connectivity index (χ4v) is 2.19. The molecule has 2 N–H and O–H groups in total. The van der Waals surface area contributed by atoms with Gasteiger partial charge in [0.15, 0.2) is 0 Å². The molecular weight excluding hydrogens is 200 g/mol. The third-order valence-electron chi connectivity index (χ3n) is 3.39. The number of hydrogen-bond acceptors (Lipinski definition) is 3. The van der Waals surface area contributed by atoms with Gasteiger partial charge in [-0.1, -0.05) is 18.2 Å². The monoisotopic (exact) mass is 214 g/mol. The number of rotatable bonds is 3. The number of nitrogens with zero attached hydrogens (tertiary/aromatic N) is 3. The maximum absolute atomic E-state index is 5.88. The first-order valence-electron chi connectivity index (χ1n) is 5.50. The highest BCUT2D eigenvalue weighted by Gasteiger charge is 2.44. The Morgan fingerprint density at radius 3 is 2.75 bits per heavy atom. The second-order valence-corrected chi connectivity index (χ2v) is 4.34. The zero-order valence-corrected chi connectivity index (χ0v) is 9.00. The molecule has 1 saturated carbocycles. The Bertz CT molecular complexity index is 485. The average Bonchev–Trinajstić information content (AvgIpc) is 2.95. The number of para-hydroxylation sites is 1. The summed E-state index contributed by atoms with van der Waals surface area (Å²) in [4.78, 5) is 3.99. The standard InChI is InChI=1S/C12H14N4/c13-7-12(5-6-12)10-3-1-2-4-11(10)16-9-14-8-15-16/h1-4,8-9H,5-7,13H2. The van der Waals surface area contributed by atoms with Crippen LogP contribution in [0.25, 0.3) is 5.69 Å². The van der Waals surface area contributed by atoms with E-state index in [4.69, 9.17) is 5.73 Å². The van der Waals surface area contributed by atoms with Gasteiger partial charge in [0.05, 0.1) is 5.69 Å². The molecule has 0 saturated heterocycles.